The summed E-state index contributed by atoms with van der Waals surface area (Å²) in [6.45, 7) is 5.32. The Hall–Kier alpha value is -5.64. The van der Waals surface area contributed by atoms with Crippen molar-refractivity contribution < 1.29 is 51.0 Å². The summed E-state index contributed by atoms with van der Waals surface area (Å²) >= 11 is 11.6. The van der Waals surface area contributed by atoms with Gasteiger partial charge in [0.2, 0.25) is 0 Å². The fourth-order valence-electron chi connectivity index (χ4n) is 8.68. The summed E-state index contributed by atoms with van der Waals surface area (Å²) in [7, 11) is -2.88. The van der Waals surface area contributed by atoms with Gasteiger partial charge in [-0.05, 0) is 95.8 Å². The number of alkyl halides is 2. The molecule has 424 valence electrons. The van der Waals surface area contributed by atoms with Gasteiger partial charge in [-0.1, -0.05) is 60.7 Å². The summed E-state index contributed by atoms with van der Waals surface area (Å²) in [5.41, 5.74) is 1.02. The van der Waals surface area contributed by atoms with Gasteiger partial charge in [-0.3, -0.25) is 56.4 Å². The zero-order valence-electron chi connectivity index (χ0n) is 44.6. The Morgan fingerprint density at radius 3 is 1.61 bits per heavy atom. The number of fused-ring (bicyclic) bond motifs is 2. The van der Waals surface area contributed by atoms with Crippen LogP contribution in [-0.2, 0) is 43.3 Å². The minimum Gasteiger partial charge on any atom is -0.496 e. The smallest absolute Gasteiger partial charge is 0.408 e. The van der Waals surface area contributed by atoms with Gasteiger partial charge in [0.25, 0.3) is 11.1 Å². The van der Waals surface area contributed by atoms with E-state index in [0.29, 0.717) is 66.6 Å². The van der Waals surface area contributed by atoms with Crippen LogP contribution in [0.4, 0.5) is 0 Å². The minimum atomic E-state index is -3.96. The number of benzene rings is 3. The maximum Gasteiger partial charge on any atom is 0.408 e. The molecule has 3 aliphatic rings. The number of nitrogens with one attached hydrogen (secondary N) is 2. The molecule has 6 unspecified atom stereocenters. The van der Waals surface area contributed by atoms with Crippen molar-refractivity contribution in [2.75, 3.05) is 65.9 Å². The highest BCUT2D eigenvalue weighted by Crippen LogP contribution is 2.54. The number of hydrogen-bond acceptors (Lipinski definition) is 15. The van der Waals surface area contributed by atoms with Crippen LogP contribution in [0.15, 0.2) is 122 Å². The number of carbonyl (C=O) groups excluding carboxylic acids is 2. The molecule has 0 radical (unpaired) electrons. The van der Waals surface area contributed by atoms with Crippen LogP contribution in [0.3, 0.4) is 0 Å². The Bertz CT molecular complexity index is 3470. The molecule has 6 atom stereocenters. The number of unbranched alkanes of at least 4 members (excludes halogenated alkanes) is 2. The molecular weight excluding hydrogens is 1110 g/mol. The highest BCUT2D eigenvalue weighted by Gasteiger charge is 2.37. The van der Waals surface area contributed by atoms with Crippen molar-refractivity contribution in [1.29, 1.82) is 0 Å². The number of hydrogen-bond donors (Lipinski definition) is 2. The van der Waals surface area contributed by atoms with Crippen LogP contribution in [0.5, 0.6) is 5.75 Å². The highest BCUT2D eigenvalue weighted by atomic mass is 35.5. The molecule has 0 saturated carbocycles. The fourth-order valence-corrected chi connectivity index (χ4v) is 12.0. The summed E-state index contributed by atoms with van der Waals surface area (Å²) in [6.07, 6.45) is 10.7. The second-order valence-corrected chi connectivity index (χ2v) is 23.9. The molecule has 2 aliphatic heterocycles. The van der Waals surface area contributed by atoms with Crippen LogP contribution < -0.4 is 27.2 Å². The van der Waals surface area contributed by atoms with E-state index >= 15 is 0 Å². The van der Waals surface area contributed by atoms with Crippen molar-refractivity contribution in [3.8, 4) is 5.75 Å². The molecule has 0 saturated heterocycles. The maximum absolute atomic E-state index is 14.1. The van der Waals surface area contributed by atoms with Gasteiger partial charge in [-0.2, -0.15) is 0 Å². The number of rotatable bonds is 25. The number of carbonyl (C=O) groups is 2. The van der Waals surface area contributed by atoms with E-state index < -0.39 is 69.3 Å². The number of aromatic nitrogens is 4. The number of H-pyrrole nitrogens is 2. The number of halogens is 2. The van der Waals surface area contributed by atoms with Gasteiger partial charge < -0.3 is 14.2 Å². The van der Waals surface area contributed by atoms with Crippen LogP contribution in [0, 0.1) is 20.8 Å². The van der Waals surface area contributed by atoms with E-state index in [4.69, 9.17) is 55.5 Å². The largest absolute Gasteiger partial charge is 0.496 e. The van der Waals surface area contributed by atoms with E-state index in [-0.39, 0.29) is 42.5 Å². The molecule has 2 N–H and O–H groups in total. The van der Waals surface area contributed by atoms with Crippen molar-refractivity contribution in [2.45, 2.75) is 77.7 Å². The Kier molecular flexibility index (Phi) is 21.4. The average Bonchev–Trinajstić information content (AvgIpc) is 4.13. The topological polar surface area (TPSA) is 249 Å². The zero-order chi connectivity index (χ0) is 57.0. The van der Waals surface area contributed by atoms with E-state index in [1.165, 1.54) is 32.3 Å². The van der Waals surface area contributed by atoms with Gasteiger partial charge in [0.05, 0.1) is 33.5 Å². The average molecular weight is 1170 g/mol. The zero-order valence-corrected chi connectivity index (χ0v) is 47.9. The van der Waals surface area contributed by atoms with Crippen LogP contribution >= 0.6 is 38.7 Å². The monoisotopic (exact) mass is 1170 g/mol. The molecule has 0 spiro atoms. The Labute approximate surface area is 465 Å². The highest BCUT2D eigenvalue weighted by molar-refractivity contribution is 7.51. The van der Waals surface area contributed by atoms with Crippen molar-refractivity contribution in [3.63, 3.8) is 0 Å². The predicted molar refractivity (Wildman–Crippen MR) is 300 cm³/mol. The summed E-state index contributed by atoms with van der Waals surface area (Å²) in [4.78, 5) is 77.8. The number of ketones is 2. The van der Waals surface area contributed by atoms with E-state index in [2.05, 4.69) is 9.97 Å². The van der Waals surface area contributed by atoms with Crippen LogP contribution in [-0.4, -0.2) is 118 Å². The number of Topliss-reactive ketones (excluding diaryl/α,β-unsaturated/α-hetero) is 1. The first-order valence-corrected chi connectivity index (χ1v) is 29.4. The Morgan fingerprint density at radius 1 is 0.620 bits per heavy atom. The number of aromatic amines is 2. The third-order valence-corrected chi connectivity index (χ3v) is 17.6. The third kappa shape index (κ3) is 15.0. The van der Waals surface area contributed by atoms with Gasteiger partial charge >= 0.3 is 26.9 Å². The van der Waals surface area contributed by atoms with Gasteiger partial charge in [0.1, 0.15) is 18.0 Å². The number of aryl methyl sites for hydroxylation is 3. The standard InChI is InChI=1S/C28H35ClN3O7P.C26H29ClN3O8P/c1-19-15-21(26(36-4)24-10-6-5-9-23(19)24)17-37-40(35,31(3)14-8-7-13-29)38-18-22-11-12-25(39-22)32-16-20(2)27(33)30-28(32)34;1-17-14-30(26(34)28-25(17)33)23-10-9-19(38-23)16-37-39(35,29(2)12-6-5-11-27)36-15-18-13-22(31)20-7-3-4-8-21(20)24(18)32/h5-6,9-12,15-16,22,25H,7-8,13-14,17-18H2,1-4H3,(H,30,33,34);3-4,7-10,13-14,19,23H,5-6,11-12,15-16H2,1-2H3,(H,28,33,34). The first-order valence-electron chi connectivity index (χ1n) is 25.4. The molecule has 2 aromatic heterocycles. The van der Waals surface area contributed by atoms with Crippen LogP contribution in [0.2, 0.25) is 0 Å². The maximum atomic E-state index is 14.1. The molecule has 79 heavy (non-hydrogen) atoms. The number of methoxy groups -OCH3 is 1. The molecule has 4 heterocycles. The van der Waals surface area contributed by atoms with Crippen LogP contribution in [0.25, 0.3) is 10.8 Å². The lowest BCUT2D eigenvalue weighted by Crippen LogP contribution is -2.33. The molecule has 0 fully saturated rings. The minimum absolute atomic E-state index is 0.00199. The summed E-state index contributed by atoms with van der Waals surface area (Å²) in [5.74, 6) is 0.878. The lowest BCUT2D eigenvalue weighted by atomic mass is 9.90. The molecule has 1 aliphatic carbocycles. The second-order valence-electron chi connectivity index (χ2n) is 18.8. The fraction of sp³-hybridized carbons (Fsp3) is 0.407. The normalized spacial score (nSPS) is 19.3. The van der Waals surface area contributed by atoms with Crippen molar-refractivity contribution in [2.24, 2.45) is 0 Å². The first-order chi connectivity index (χ1) is 37.8. The molecule has 8 rings (SSSR count). The Morgan fingerprint density at radius 2 is 1.10 bits per heavy atom. The summed E-state index contributed by atoms with van der Waals surface area (Å²) in [6, 6.07) is 16.4. The number of nitrogens with zero attached hydrogens (tertiary/aromatic N) is 4. The molecule has 0 bridgehead atoms. The molecule has 0 amide bonds. The lowest BCUT2D eigenvalue weighted by molar-refractivity contribution is -0.0112. The molecule has 3 aromatic carbocycles. The number of allylic oxidation sites excluding steroid dienone is 1. The van der Waals surface area contributed by atoms with E-state index in [1.54, 1.807) is 88.3 Å². The van der Waals surface area contributed by atoms with Crippen molar-refractivity contribution in [3.05, 3.63) is 178 Å². The van der Waals surface area contributed by atoms with Crippen molar-refractivity contribution >= 4 is 61.0 Å². The predicted octanol–water partition coefficient (Wildman–Crippen LogP) is 8.46. The van der Waals surface area contributed by atoms with E-state index in [9.17, 15) is 37.9 Å². The van der Waals surface area contributed by atoms with E-state index in [0.717, 1.165) is 28.3 Å². The van der Waals surface area contributed by atoms with Crippen LogP contribution in [0.1, 0.15) is 81.1 Å². The van der Waals surface area contributed by atoms with Crippen molar-refractivity contribution in [1.82, 2.24) is 28.4 Å². The van der Waals surface area contributed by atoms with Gasteiger partial charge in [-0.15, -0.1) is 23.2 Å². The summed E-state index contributed by atoms with van der Waals surface area (Å²) in [5, 5.41) is 2.01. The second kappa shape index (κ2) is 27.7. The van der Waals surface area contributed by atoms with Gasteiger partial charge in [0.15, 0.2) is 24.0 Å². The Balaban J connectivity index is 0.000000229. The van der Waals surface area contributed by atoms with Gasteiger partial charge in [-0.25, -0.2) is 28.1 Å². The SMILES string of the molecule is COc1c(COP(=O)(OCC2C=CC(n3cc(C)c(=O)[nH]c3=O)O2)N(C)CCCCCl)cc(C)c2ccccc12.Cc1cn(C2C=CC(COP(=O)(OCC3=CC(=O)c4ccccc4C3=O)N(C)CCCCCl)O2)c(=O)[nH]c1=O. The molecule has 21 nitrogen and oxygen atoms in total. The van der Waals surface area contributed by atoms with Gasteiger partial charge in [0, 0.05) is 76.0 Å². The molecular formula is C54H64Cl2N6O15P2. The lowest BCUT2D eigenvalue weighted by Gasteiger charge is -2.28. The summed E-state index contributed by atoms with van der Waals surface area (Å²) < 4.78 is 74.5. The quantitative estimate of drug-likeness (QED) is 0.0241. The first kappa shape index (κ1) is 61.0. The molecule has 25 heteroatoms. The molecule has 5 aromatic rings. The number of ether oxygens (including phenoxy) is 3. The third-order valence-electron chi connectivity index (χ3n) is 13.1. The van der Waals surface area contributed by atoms with E-state index in [1.807, 2.05) is 37.3 Å².